The summed E-state index contributed by atoms with van der Waals surface area (Å²) in [6.07, 6.45) is 8.12. The van der Waals surface area contributed by atoms with Gasteiger partial charge in [0.1, 0.15) is 12.2 Å². The number of H-pyrrole nitrogens is 1. The summed E-state index contributed by atoms with van der Waals surface area (Å²) in [4.78, 5) is 15.0. The van der Waals surface area contributed by atoms with Crippen LogP contribution in [0.2, 0.25) is 5.02 Å². The lowest BCUT2D eigenvalue weighted by atomic mass is 10.0. The smallest absolute Gasteiger partial charge is 0.225 e. The normalized spacial score (nSPS) is 20.1. The highest BCUT2D eigenvalue weighted by molar-refractivity contribution is 6.30. The molecule has 1 N–H and O–H groups in total. The molecule has 1 saturated heterocycles. The minimum absolute atomic E-state index is 0.169. The van der Waals surface area contributed by atoms with Crippen molar-refractivity contribution in [2.24, 2.45) is 0 Å². The number of hydrogen-bond acceptors (Lipinski definition) is 5. The summed E-state index contributed by atoms with van der Waals surface area (Å²) in [5.74, 6) is 1.56. The molecule has 2 aromatic heterocycles. The Labute approximate surface area is 109 Å². The van der Waals surface area contributed by atoms with Crippen molar-refractivity contribution in [1.82, 2.24) is 25.1 Å². The third-order valence-corrected chi connectivity index (χ3v) is 3.31. The van der Waals surface area contributed by atoms with Crippen LogP contribution in [0.3, 0.4) is 0 Å². The van der Waals surface area contributed by atoms with Gasteiger partial charge in [-0.05, 0) is 19.3 Å². The van der Waals surface area contributed by atoms with E-state index in [1.165, 1.54) is 12.7 Å². The van der Waals surface area contributed by atoms with Gasteiger partial charge in [0.15, 0.2) is 0 Å². The summed E-state index contributed by atoms with van der Waals surface area (Å²) < 4.78 is 0. The molecule has 94 valence electrons. The molecular weight excluding hydrogens is 252 g/mol. The van der Waals surface area contributed by atoms with Crippen LogP contribution in [0.1, 0.15) is 31.1 Å². The summed E-state index contributed by atoms with van der Waals surface area (Å²) in [7, 11) is 0. The number of rotatable bonds is 2. The molecule has 2 aromatic rings. The van der Waals surface area contributed by atoms with E-state index in [0.29, 0.717) is 11.0 Å². The van der Waals surface area contributed by atoms with Gasteiger partial charge in [0.05, 0.1) is 23.5 Å². The van der Waals surface area contributed by atoms with Crippen molar-refractivity contribution in [1.29, 1.82) is 0 Å². The van der Waals surface area contributed by atoms with Crippen LogP contribution in [-0.4, -0.2) is 31.7 Å². The van der Waals surface area contributed by atoms with E-state index in [1.807, 2.05) is 0 Å². The van der Waals surface area contributed by atoms with Gasteiger partial charge >= 0.3 is 0 Å². The predicted octanol–water partition coefficient (Wildman–Crippen LogP) is 1.98. The third kappa shape index (κ3) is 2.15. The fraction of sp³-hybridized carbons (Fsp3) is 0.455. The van der Waals surface area contributed by atoms with Gasteiger partial charge in [0, 0.05) is 6.54 Å². The first kappa shape index (κ1) is 11.4. The molecule has 0 aromatic carbocycles. The zero-order valence-electron chi connectivity index (χ0n) is 9.75. The average Bonchev–Trinajstić information content (AvgIpc) is 2.93. The van der Waals surface area contributed by atoms with Crippen molar-refractivity contribution in [3.8, 4) is 0 Å². The molecule has 1 atom stereocenters. The van der Waals surface area contributed by atoms with E-state index in [-0.39, 0.29) is 6.04 Å². The molecule has 3 rings (SSSR count). The standard InChI is InChI=1S/C11H13ClN6/c12-8-5-13-11(14-6-8)18-4-2-1-3-9(18)10-15-7-16-17-10/h5-7,9H,1-4H2,(H,15,16,17)/t9-/m0/s1. The Balaban J connectivity index is 1.90. The summed E-state index contributed by atoms with van der Waals surface area (Å²) >= 11 is 5.81. The first-order valence-electron chi connectivity index (χ1n) is 5.94. The monoisotopic (exact) mass is 264 g/mol. The van der Waals surface area contributed by atoms with Crippen LogP contribution in [-0.2, 0) is 0 Å². The number of aromatic nitrogens is 5. The van der Waals surface area contributed by atoms with Crippen molar-refractivity contribution >= 4 is 17.5 Å². The van der Waals surface area contributed by atoms with Gasteiger partial charge in [-0.15, -0.1) is 0 Å². The fourth-order valence-electron chi connectivity index (χ4n) is 2.28. The Morgan fingerprint density at radius 1 is 1.22 bits per heavy atom. The zero-order chi connectivity index (χ0) is 12.4. The van der Waals surface area contributed by atoms with Crippen LogP contribution in [0, 0.1) is 0 Å². The SMILES string of the molecule is Clc1cnc(N2CCCC[C@H]2c2ncn[nH]2)nc1. The fourth-order valence-corrected chi connectivity index (χ4v) is 2.38. The van der Waals surface area contributed by atoms with Gasteiger partial charge in [-0.2, -0.15) is 5.10 Å². The van der Waals surface area contributed by atoms with Gasteiger partial charge in [0.25, 0.3) is 0 Å². The Bertz CT molecular complexity index is 497. The first-order valence-corrected chi connectivity index (χ1v) is 6.32. The van der Waals surface area contributed by atoms with Gasteiger partial charge < -0.3 is 4.90 Å². The first-order chi connectivity index (χ1) is 8.84. The van der Waals surface area contributed by atoms with E-state index >= 15 is 0 Å². The second kappa shape index (κ2) is 4.89. The van der Waals surface area contributed by atoms with Crippen molar-refractivity contribution in [2.45, 2.75) is 25.3 Å². The molecule has 0 aliphatic carbocycles. The molecule has 1 fully saturated rings. The molecular formula is C11H13ClN6. The maximum Gasteiger partial charge on any atom is 0.225 e. The molecule has 0 spiro atoms. The Morgan fingerprint density at radius 3 is 2.78 bits per heavy atom. The zero-order valence-corrected chi connectivity index (χ0v) is 10.5. The molecule has 0 radical (unpaired) electrons. The van der Waals surface area contributed by atoms with Crippen molar-refractivity contribution in [3.05, 3.63) is 29.6 Å². The van der Waals surface area contributed by atoms with E-state index in [9.17, 15) is 0 Å². The third-order valence-electron chi connectivity index (χ3n) is 3.12. The van der Waals surface area contributed by atoms with Crippen molar-refractivity contribution in [3.63, 3.8) is 0 Å². The number of halogens is 1. The van der Waals surface area contributed by atoms with Crippen LogP contribution in [0.15, 0.2) is 18.7 Å². The van der Waals surface area contributed by atoms with E-state index < -0.39 is 0 Å². The molecule has 0 unspecified atom stereocenters. The molecule has 7 heteroatoms. The number of anilines is 1. The van der Waals surface area contributed by atoms with Gasteiger partial charge in [-0.3, -0.25) is 5.10 Å². The van der Waals surface area contributed by atoms with E-state index in [1.54, 1.807) is 12.4 Å². The van der Waals surface area contributed by atoms with Crippen LogP contribution < -0.4 is 4.90 Å². The maximum atomic E-state index is 5.81. The maximum absolute atomic E-state index is 5.81. The Morgan fingerprint density at radius 2 is 2.06 bits per heavy atom. The average molecular weight is 265 g/mol. The summed E-state index contributed by atoms with van der Waals surface area (Å²) in [5.41, 5.74) is 0. The molecule has 18 heavy (non-hydrogen) atoms. The minimum Gasteiger partial charge on any atom is -0.331 e. The van der Waals surface area contributed by atoms with Gasteiger partial charge in [-0.25, -0.2) is 15.0 Å². The molecule has 0 bridgehead atoms. The summed E-state index contributed by atoms with van der Waals surface area (Å²) in [5, 5.41) is 7.40. The highest BCUT2D eigenvalue weighted by Crippen LogP contribution is 2.31. The van der Waals surface area contributed by atoms with Crippen LogP contribution >= 0.6 is 11.6 Å². The lowest BCUT2D eigenvalue weighted by molar-refractivity contribution is 0.450. The Kier molecular flexibility index (Phi) is 3.10. The number of aromatic amines is 1. The number of nitrogens with one attached hydrogen (secondary N) is 1. The predicted molar refractivity (Wildman–Crippen MR) is 67.4 cm³/mol. The van der Waals surface area contributed by atoms with Gasteiger partial charge in [0.2, 0.25) is 5.95 Å². The molecule has 0 saturated carbocycles. The molecule has 3 heterocycles. The topological polar surface area (TPSA) is 70.6 Å². The second-order valence-electron chi connectivity index (χ2n) is 4.28. The summed E-state index contributed by atoms with van der Waals surface area (Å²) in [6, 6.07) is 0.169. The van der Waals surface area contributed by atoms with Crippen molar-refractivity contribution in [2.75, 3.05) is 11.4 Å². The Hall–Kier alpha value is -1.69. The van der Waals surface area contributed by atoms with E-state index in [2.05, 4.69) is 30.0 Å². The number of nitrogens with zero attached hydrogens (tertiary/aromatic N) is 5. The van der Waals surface area contributed by atoms with E-state index in [0.717, 1.165) is 25.2 Å². The minimum atomic E-state index is 0.169. The van der Waals surface area contributed by atoms with Crippen molar-refractivity contribution < 1.29 is 0 Å². The van der Waals surface area contributed by atoms with Crippen LogP contribution in [0.4, 0.5) is 5.95 Å². The van der Waals surface area contributed by atoms with Crippen LogP contribution in [0.25, 0.3) is 0 Å². The number of hydrogen-bond donors (Lipinski definition) is 1. The molecule has 1 aliphatic rings. The van der Waals surface area contributed by atoms with Crippen LogP contribution in [0.5, 0.6) is 0 Å². The second-order valence-corrected chi connectivity index (χ2v) is 4.71. The molecule has 0 amide bonds. The highest BCUT2D eigenvalue weighted by Gasteiger charge is 2.27. The lowest BCUT2D eigenvalue weighted by Crippen LogP contribution is -2.35. The number of piperidine rings is 1. The van der Waals surface area contributed by atoms with E-state index in [4.69, 9.17) is 11.6 Å². The van der Waals surface area contributed by atoms with Gasteiger partial charge in [-0.1, -0.05) is 11.6 Å². The quantitative estimate of drug-likeness (QED) is 0.898. The molecule has 1 aliphatic heterocycles. The lowest BCUT2D eigenvalue weighted by Gasteiger charge is -2.34. The largest absolute Gasteiger partial charge is 0.331 e. The highest BCUT2D eigenvalue weighted by atomic mass is 35.5. The summed E-state index contributed by atoms with van der Waals surface area (Å²) in [6.45, 7) is 0.924. The molecule has 6 nitrogen and oxygen atoms in total.